The van der Waals surface area contributed by atoms with Crippen LogP contribution in [0.1, 0.15) is 16.1 Å². The van der Waals surface area contributed by atoms with Crippen LogP contribution in [0.15, 0.2) is 60.9 Å². The van der Waals surface area contributed by atoms with Gasteiger partial charge in [0.15, 0.2) is 0 Å². The molecule has 2 aromatic carbocycles. The summed E-state index contributed by atoms with van der Waals surface area (Å²) in [6.45, 7) is 0.313. The van der Waals surface area contributed by atoms with Crippen molar-refractivity contribution in [2.45, 2.75) is 6.42 Å². The Hall–Kier alpha value is -3.21. The predicted molar refractivity (Wildman–Crippen MR) is 91.8 cm³/mol. The van der Waals surface area contributed by atoms with E-state index in [2.05, 4.69) is 15.2 Å². The second-order valence-electron chi connectivity index (χ2n) is 5.54. The van der Waals surface area contributed by atoms with Crippen molar-refractivity contribution in [3.05, 3.63) is 72.2 Å². The third-order valence-electron chi connectivity index (χ3n) is 3.99. The maximum absolute atomic E-state index is 12.2. The number of rotatable bonds is 4. The maximum atomic E-state index is 12.2. The van der Waals surface area contributed by atoms with Crippen LogP contribution in [0.25, 0.3) is 21.7 Å². The molecule has 0 amide bonds. The van der Waals surface area contributed by atoms with Crippen LogP contribution in [0.3, 0.4) is 0 Å². The quantitative estimate of drug-likeness (QED) is 0.585. The summed E-state index contributed by atoms with van der Waals surface area (Å²) in [5, 5.41) is 10.1. The van der Waals surface area contributed by atoms with Crippen LogP contribution in [-0.4, -0.2) is 27.8 Å². The van der Waals surface area contributed by atoms with Gasteiger partial charge in [0.25, 0.3) is 0 Å². The van der Waals surface area contributed by atoms with Gasteiger partial charge in [-0.25, -0.2) is 4.79 Å². The highest BCUT2D eigenvalue weighted by Crippen LogP contribution is 2.24. The number of nitrogens with one attached hydrogen (secondary N) is 1. The molecule has 0 saturated heterocycles. The number of ether oxygens (including phenoxy) is 1. The summed E-state index contributed by atoms with van der Waals surface area (Å²) in [6, 6.07) is 15.2. The molecule has 0 aliphatic carbocycles. The van der Waals surface area contributed by atoms with Crippen molar-refractivity contribution in [3.63, 3.8) is 0 Å². The van der Waals surface area contributed by atoms with Crippen molar-refractivity contribution < 1.29 is 9.53 Å². The number of aromatic amines is 1. The van der Waals surface area contributed by atoms with Crippen molar-refractivity contribution >= 4 is 27.6 Å². The van der Waals surface area contributed by atoms with Gasteiger partial charge in [0, 0.05) is 29.1 Å². The van der Waals surface area contributed by atoms with Crippen LogP contribution in [0.2, 0.25) is 0 Å². The van der Waals surface area contributed by atoms with E-state index in [0.717, 1.165) is 27.4 Å². The molecule has 5 nitrogen and oxygen atoms in total. The van der Waals surface area contributed by atoms with Gasteiger partial charge in [-0.05, 0) is 29.7 Å². The summed E-state index contributed by atoms with van der Waals surface area (Å²) >= 11 is 0. The maximum Gasteiger partial charge on any atom is 0.338 e. The fraction of sp³-hybridized carbons (Fsp3) is 0.105. The number of aromatic nitrogens is 3. The Morgan fingerprint density at radius 1 is 1.08 bits per heavy atom. The van der Waals surface area contributed by atoms with E-state index in [4.69, 9.17) is 4.74 Å². The Kier molecular flexibility index (Phi) is 3.67. The third kappa shape index (κ3) is 2.72. The highest BCUT2D eigenvalue weighted by atomic mass is 16.5. The van der Waals surface area contributed by atoms with Gasteiger partial charge in [-0.15, -0.1) is 0 Å². The molecule has 0 saturated carbocycles. The number of fused-ring (bicyclic) bond motifs is 3. The minimum absolute atomic E-state index is 0.313. The van der Waals surface area contributed by atoms with Crippen LogP contribution < -0.4 is 0 Å². The van der Waals surface area contributed by atoms with E-state index in [1.807, 2.05) is 42.5 Å². The standard InChI is InChI=1S/C19H15N3O2/c23-19(24-10-8-16-3-1-2-9-20-16)14-6-7-17-13(11-14)4-5-15-12-21-22-18(15)17/h1-7,9,11-12H,8,10H2,(H,21,22). The normalized spacial score (nSPS) is 11.0. The highest BCUT2D eigenvalue weighted by Gasteiger charge is 2.10. The molecule has 0 spiro atoms. The molecule has 0 atom stereocenters. The number of benzene rings is 2. The van der Waals surface area contributed by atoms with E-state index in [0.29, 0.717) is 18.6 Å². The predicted octanol–water partition coefficient (Wildman–Crippen LogP) is 3.51. The molecule has 0 bridgehead atoms. The molecule has 1 N–H and O–H groups in total. The monoisotopic (exact) mass is 317 g/mol. The average Bonchev–Trinajstić information content (AvgIpc) is 3.11. The van der Waals surface area contributed by atoms with E-state index in [1.165, 1.54) is 0 Å². The Labute approximate surface area is 138 Å². The van der Waals surface area contributed by atoms with Gasteiger partial charge in [0.05, 0.1) is 23.9 Å². The smallest absolute Gasteiger partial charge is 0.338 e. The number of carbonyl (C=O) groups is 1. The van der Waals surface area contributed by atoms with Gasteiger partial charge in [0.2, 0.25) is 0 Å². The number of pyridine rings is 1. The van der Waals surface area contributed by atoms with E-state index in [-0.39, 0.29) is 5.97 Å². The van der Waals surface area contributed by atoms with E-state index in [9.17, 15) is 4.79 Å². The number of hydrogen-bond acceptors (Lipinski definition) is 4. The van der Waals surface area contributed by atoms with Crippen molar-refractivity contribution in [1.82, 2.24) is 15.2 Å². The van der Waals surface area contributed by atoms with Crippen LogP contribution in [0, 0.1) is 0 Å². The minimum atomic E-state index is -0.322. The largest absolute Gasteiger partial charge is 0.462 e. The van der Waals surface area contributed by atoms with Gasteiger partial charge in [-0.1, -0.05) is 24.3 Å². The van der Waals surface area contributed by atoms with Crippen LogP contribution >= 0.6 is 0 Å². The first-order valence-corrected chi connectivity index (χ1v) is 7.74. The van der Waals surface area contributed by atoms with Crippen LogP contribution in [0.5, 0.6) is 0 Å². The lowest BCUT2D eigenvalue weighted by Crippen LogP contribution is -2.08. The van der Waals surface area contributed by atoms with Gasteiger partial charge in [-0.2, -0.15) is 5.10 Å². The second kappa shape index (κ2) is 6.12. The first-order valence-electron chi connectivity index (χ1n) is 7.74. The van der Waals surface area contributed by atoms with Gasteiger partial charge in [-0.3, -0.25) is 10.1 Å². The van der Waals surface area contributed by atoms with Crippen molar-refractivity contribution in [1.29, 1.82) is 0 Å². The number of hydrogen-bond donors (Lipinski definition) is 1. The summed E-state index contributed by atoms with van der Waals surface area (Å²) in [7, 11) is 0. The Balaban J connectivity index is 1.51. The van der Waals surface area contributed by atoms with Crippen molar-refractivity contribution in [3.8, 4) is 0 Å². The highest BCUT2D eigenvalue weighted by molar-refractivity contribution is 6.07. The molecule has 4 aromatic rings. The molecule has 0 fully saturated rings. The Morgan fingerprint density at radius 3 is 2.88 bits per heavy atom. The Bertz CT molecular complexity index is 1010. The molecule has 118 valence electrons. The lowest BCUT2D eigenvalue weighted by molar-refractivity contribution is 0.0508. The Morgan fingerprint density at radius 2 is 2.00 bits per heavy atom. The van der Waals surface area contributed by atoms with Crippen molar-refractivity contribution in [2.24, 2.45) is 0 Å². The van der Waals surface area contributed by atoms with Crippen molar-refractivity contribution in [2.75, 3.05) is 6.61 Å². The first kappa shape index (κ1) is 14.4. The van der Waals surface area contributed by atoms with Crippen LogP contribution in [-0.2, 0) is 11.2 Å². The van der Waals surface area contributed by atoms with E-state index >= 15 is 0 Å². The van der Waals surface area contributed by atoms with Gasteiger partial charge in [0.1, 0.15) is 0 Å². The SMILES string of the molecule is O=C(OCCc1ccccn1)c1ccc2c(ccc3cn[nH]c32)c1. The van der Waals surface area contributed by atoms with Gasteiger partial charge >= 0.3 is 5.97 Å². The zero-order chi connectivity index (χ0) is 16.4. The van der Waals surface area contributed by atoms with Crippen LogP contribution in [0.4, 0.5) is 0 Å². The molecule has 0 radical (unpaired) electrons. The minimum Gasteiger partial charge on any atom is -0.462 e. The van der Waals surface area contributed by atoms with E-state index < -0.39 is 0 Å². The molecule has 0 unspecified atom stereocenters. The molecule has 24 heavy (non-hydrogen) atoms. The summed E-state index contributed by atoms with van der Waals surface area (Å²) in [6.07, 6.45) is 4.13. The number of esters is 1. The lowest BCUT2D eigenvalue weighted by atomic mass is 10.0. The van der Waals surface area contributed by atoms with E-state index in [1.54, 1.807) is 18.5 Å². The molecule has 0 aliphatic rings. The fourth-order valence-corrected chi connectivity index (χ4v) is 2.75. The van der Waals surface area contributed by atoms with Gasteiger partial charge < -0.3 is 4.74 Å². The molecular weight excluding hydrogens is 302 g/mol. The third-order valence-corrected chi connectivity index (χ3v) is 3.99. The summed E-state index contributed by atoms with van der Waals surface area (Å²) in [5.74, 6) is -0.322. The summed E-state index contributed by atoms with van der Waals surface area (Å²) in [4.78, 5) is 16.4. The molecule has 2 aromatic heterocycles. The molecule has 5 heteroatoms. The number of H-pyrrole nitrogens is 1. The first-order chi connectivity index (χ1) is 11.8. The second-order valence-corrected chi connectivity index (χ2v) is 5.54. The topological polar surface area (TPSA) is 67.9 Å². The molecule has 2 heterocycles. The molecular formula is C19H15N3O2. The summed E-state index contributed by atoms with van der Waals surface area (Å²) in [5.41, 5.74) is 2.43. The summed E-state index contributed by atoms with van der Waals surface area (Å²) < 4.78 is 5.35. The number of carbonyl (C=O) groups excluding carboxylic acids is 1. The zero-order valence-electron chi connectivity index (χ0n) is 12.9. The lowest BCUT2D eigenvalue weighted by Gasteiger charge is -2.06. The fourth-order valence-electron chi connectivity index (χ4n) is 2.75. The molecule has 4 rings (SSSR count). The average molecular weight is 317 g/mol. The zero-order valence-corrected chi connectivity index (χ0v) is 12.9. The molecule has 0 aliphatic heterocycles. The number of nitrogens with zero attached hydrogens (tertiary/aromatic N) is 2.